The standard InChI is InChI=1S/C15H28/c1-12-9-14(2,3)11-15(4,10-12)13-7-5-6-8-13/h12-13H,5-11H2,1-4H3. The van der Waals surface area contributed by atoms with E-state index in [1.165, 1.54) is 44.9 Å². The van der Waals surface area contributed by atoms with Crippen LogP contribution in [-0.2, 0) is 0 Å². The molecule has 2 aliphatic rings. The van der Waals surface area contributed by atoms with E-state index in [1.54, 1.807) is 0 Å². The molecule has 2 atom stereocenters. The van der Waals surface area contributed by atoms with E-state index in [2.05, 4.69) is 27.7 Å². The molecule has 88 valence electrons. The molecule has 0 aliphatic heterocycles. The van der Waals surface area contributed by atoms with Crippen molar-refractivity contribution in [3.63, 3.8) is 0 Å². The van der Waals surface area contributed by atoms with Crippen molar-refractivity contribution in [1.29, 1.82) is 0 Å². The van der Waals surface area contributed by atoms with Crippen LogP contribution in [0.5, 0.6) is 0 Å². The molecule has 0 aromatic rings. The molecule has 0 heterocycles. The lowest BCUT2D eigenvalue weighted by atomic mass is 9.56. The third-order valence-electron chi connectivity index (χ3n) is 4.94. The fourth-order valence-electron chi connectivity index (χ4n) is 4.98. The Bertz CT molecular complexity index is 222. The van der Waals surface area contributed by atoms with Crippen LogP contribution in [0, 0.1) is 22.7 Å². The van der Waals surface area contributed by atoms with Gasteiger partial charge in [0.2, 0.25) is 0 Å². The average molecular weight is 208 g/mol. The van der Waals surface area contributed by atoms with E-state index >= 15 is 0 Å². The Labute approximate surface area is 95.8 Å². The van der Waals surface area contributed by atoms with Gasteiger partial charge >= 0.3 is 0 Å². The van der Waals surface area contributed by atoms with Gasteiger partial charge in [-0.15, -0.1) is 0 Å². The minimum Gasteiger partial charge on any atom is -0.0625 e. The monoisotopic (exact) mass is 208 g/mol. The van der Waals surface area contributed by atoms with E-state index in [-0.39, 0.29) is 0 Å². The summed E-state index contributed by atoms with van der Waals surface area (Å²) in [6, 6.07) is 0. The SMILES string of the molecule is CC1CC(C)(C)CC(C)(C2CCCC2)C1. The van der Waals surface area contributed by atoms with Gasteiger partial charge in [0.15, 0.2) is 0 Å². The zero-order valence-electron chi connectivity index (χ0n) is 11.1. The third kappa shape index (κ3) is 2.40. The topological polar surface area (TPSA) is 0 Å². The van der Waals surface area contributed by atoms with Crippen molar-refractivity contribution in [3.8, 4) is 0 Å². The first-order valence-corrected chi connectivity index (χ1v) is 6.91. The maximum atomic E-state index is 2.58. The second-order valence-corrected chi connectivity index (χ2v) is 7.49. The molecule has 2 fully saturated rings. The molecule has 0 bridgehead atoms. The van der Waals surface area contributed by atoms with Gasteiger partial charge in [0.25, 0.3) is 0 Å². The zero-order chi connectivity index (χ0) is 11.1. The van der Waals surface area contributed by atoms with Crippen molar-refractivity contribution in [3.05, 3.63) is 0 Å². The van der Waals surface area contributed by atoms with Gasteiger partial charge in [0.05, 0.1) is 0 Å². The number of hydrogen-bond donors (Lipinski definition) is 0. The van der Waals surface area contributed by atoms with Gasteiger partial charge in [-0.25, -0.2) is 0 Å². The second-order valence-electron chi connectivity index (χ2n) is 7.49. The molecular formula is C15H28. The highest BCUT2D eigenvalue weighted by Crippen LogP contribution is 2.55. The van der Waals surface area contributed by atoms with Crippen molar-refractivity contribution in [2.45, 2.75) is 72.6 Å². The van der Waals surface area contributed by atoms with Crippen LogP contribution in [-0.4, -0.2) is 0 Å². The maximum absolute atomic E-state index is 2.58. The van der Waals surface area contributed by atoms with Gasteiger partial charge in [-0.2, -0.15) is 0 Å². The highest BCUT2D eigenvalue weighted by atomic mass is 14.5. The summed E-state index contributed by atoms with van der Waals surface area (Å²) < 4.78 is 0. The first kappa shape index (κ1) is 11.5. The predicted octanol–water partition coefficient (Wildman–Crippen LogP) is 5.03. The van der Waals surface area contributed by atoms with Gasteiger partial charge in [-0.1, -0.05) is 40.5 Å². The minimum absolute atomic E-state index is 0.592. The van der Waals surface area contributed by atoms with Gasteiger partial charge in [-0.05, 0) is 54.8 Å². The summed E-state index contributed by atoms with van der Waals surface area (Å²) >= 11 is 0. The highest BCUT2D eigenvalue weighted by molar-refractivity contribution is 4.95. The van der Waals surface area contributed by atoms with Crippen LogP contribution < -0.4 is 0 Å². The molecule has 0 aromatic heterocycles. The molecule has 0 aromatic carbocycles. The fraction of sp³-hybridized carbons (Fsp3) is 1.00. The van der Waals surface area contributed by atoms with Crippen LogP contribution in [0.3, 0.4) is 0 Å². The largest absolute Gasteiger partial charge is 0.0625 e. The van der Waals surface area contributed by atoms with E-state index in [9.17, 15) is 0 Å². The third-order valence-corrected chi connectivity index (χ3v) is 4.94. The molecule has 0 saturated heterocycles. The number of rotatable bonds is 1. The summed E-state index contributed by atoms with van der Waals surface area (Å²) in [6.07, 6.45) is 10.4. The molecule has 0 N–H and O–H groups in total. The van der Waals surface area contributed by atoms with Gasteiger partial charge in [-0.3, -0.25) is 0 Å². The average Bonchev–Trinajstić information content (AvgIpc) is 2.49. The molecule has 2 aliphatic carbocycles. The Morgan fingerprint density at radius 2 is 1.53 bits per heavy atom. The molecule has 2 rings (SSSR count). The summed E-state index contributed by atoms with van der Waals surface area (Å²) in [7, 11) is 0. The van der Waals surface area contributed by atoms with Crippen molar-refractivity contribution in [2.24, 2.45) is 22.7 Å². The molecular weight excluding hydrogens is 180 g/mol. The molecule has 0 amide bonds. The Morgan fingerprint density at radius 3 is 2.07 bits per heavy atom. The Kier molecular flexibility index (Phi) is 2.90. The van der Waals surface area contributed by atoms with Gasteiger partial charge in [0.1, 0.15) is 0 Å². The molecule has 2 saturated carbocycles. The van der Waals surface area contributed by atoms with Crippen LogP contribution in [0.4, 0.5) is 0 Å². The minimum atomic E-state index is 0.592. The van der Waals surface area contributed by atoms with E-state index in [0.717, 1.165) is 11.8 Å². The molecule has 0 nitrogen and oxygen atoms in total. The normalized spacial score (nSPS) is 42.0. The highest BCUT2D eigenvalue weighted by Gasteiger charge is 2.44. The lowest BCUT2D eigenvalue weighted by molar-refractivity contribution is 0.0151. The number of hydrogen-bond acceptors (Lipinski definition) is 0. The Hall–Kier alpha value is 0. The van der Waals surface area contributed by atoms with Crippen molar-refractivity contribution in [1.82, 2.24) is 0 Å². The second kappa shape index (κ2) is 3.79. The zero-order valence-corrected chi connectivity index (χ0v) is 11.1. The molecule has 15 heavy (non-hydrogen) atoms. The van der Waals surface area contributed by atoms with Crippen LogP contribution in [0.15, 0.2) is 0 Å². The first-order chi connectivity index (χ1) is 6.91. The van der Waals surface area contributed by atoms with Gasteiger partial charge in [0, 0.05) is 0 Å². The summed E-state index contributed by atoms with van der Waals surface area (Å²) in [4.78, 5) is 0. The predicted molar refractivity (Wildman–Crippen MR) is 66.9 cm³/mol. The molecule has 2 unspecified atom stereocenters. The Balaban J connectivity index is 2.12. The van der Waals surface area contributed by atoms with E-state index in [0.29, 0.717) is 10.8 Å². The molecule has 0 heteroatoms. The van der Waals surface area contributed by atoms with Crippen LogP contribution >= 0.6 is 0 Å². The van der Waals surface area contributed by atoms with Crippen molar-refractivity contribution < 1.29 is 0 Å². The smallest absolute Gasteiger partial charge is 0.0290 e. The van der Waals surface area contributed by atoms with E-state index in [4.69, 9.17) is 0 Å². The lowest BCUT2D eigenvalue weighted by Crippen LogP contribution is -2.39. The van der Waals surface area contributed by atoms with Crippen LogP contribution in [0.2, 0.25) is 0 Å². The lowest BCUT2D eigenvalue weighted by Gasteiger charge is -2.49. The quantitative estimate of drug-likeness (QED) is 0.567. The van der Waals surface area contributed by atoms with Crippen LogP contribution in [0.25, 0.3) is 0 Å². The summed E-state index contributed by atoms with van der Waals surface area (Å²) in [5, 5.41) is 0. The van der Waals surface area contributed by atoms with E-state index < -0.39 is 0 Å². The van der Waals surface area contributed by atoms with Gasteiger partial charge < -0.3 is 0 Å². The summed E-state index contributed by atoms with van der Waals surface area (Å²) in [5.41, 5.74) is 1.26. The summed E-state index contributed by atoms with van der Waals surface area (Å²) in [5.74, 6) is 1.99. The summed E-state index contributed by atoms with van der Waals surface area (Å²) in [6.45, 7) is 10.0. The Morgan fingerprint density at radius 1 is 0.933 bits per heavy atom. The molecule has 0 radical (unpaired) electrons. The maximum Gasteiger partial charge on any atom is -0.0290 e. The van der Waals surface area contributed by atoms with Crippen molar-refractivity contribution in [2.75, 3.05) is 0 Å². The first-order valence-electron chi connectivity index (χ1n) is 6.91. The molecule has 0 spiro atoms. The van der Waals surface area contributed by atoms with Crippen LogP contribution in [0.1, 0.15) is 72.6 Å². The fourth-order valence-corrected chi connectivity index (χ4v) is 4.98. The van der Waals surface area contributed by atoms with Crippen molar-refractivity contribution >= 4 is 0 Å². The van der Waals surface area contributed by atoms with E-state index in [1.807, 2.05) is 0 Å².